The van der Waals surface area contributed by atoms with Gasteiger partial charge in [0.15, 0.2) is 0 Å². The van der Waals surface area contributed by atoms with E-state index in [1.54, 1.807) is 12.1 Å². The Bertz CT molecular complexity index is 555. The van der Waals surface area contributed by atoms with Gasteiger partial charge < -0.3 is 5.32 Å². The number of H-pyrrole nitrogens is 1. The molecule has 0 fully saturated rings. The highest BCUT2D eigenvalue weighted by atomic mass is 19.1. The number of benzene rings is 1. The summed E-state index contributed by atoms with van der Waals surface area (Å²) in [5.74, 6) is -0.338. The van der Waals surface area contributed by atoms with Gasteiger partial charge in [-0.1, -0.05) is 12.1 Å². The summed E-state index contributed by atoms with van der Waals surface area (Å²) in [6, 6.07) is 6.18. The first kappa shape index (κ1) is 13.3. The number of nitrogens with zero attached hydrogens (tertiary/aromatic N) is 1. The Labute approximate surface area is 111 Å². The molecule has 100 valence electrons. The van der Waals surface area contributed by atoms with E-state index < -0.39 is 0 Å². The quantitative estimate of drug-likeness (QED) is 0.889. The predicted octanol–water partition coefficient (Wildman–Crippen LogP) is 2.74. The number of aryl methyl sites for hydroxylation is 3. The van der Waals surface area contributed by atoms with Crippen LogP contribution in [0.15, 0.2) is 24.3 Å². The monoisotopic (exact) mass is 261 g/mol. The standard InChI is InChI=1S/C14H16FN3O/c1-9-14(10(2)18-17-9)16-13(19)8-5-11-3-6-12(15)7-4-11/h3-4,6-7H,5,8H2,1-2H3,(H,16,19)(H,17,18). The lowest BCUT2D eigenvalue weighted by Gasteiger charge is -2.05. The van der Waals surface area contributed by atoms with Crippen LogP contribution < -0.4 is 5.32 Å². The van der Waals surface area contributed by atoms with Crippen molar-refractivity contribution in [1.82, 2.24) is 10.2 Å². The van der Waals surface area contributed by atoms with Crippen molar-refractivity contribution in [3.63, 3.8) is 0 Å². The first-order valence-electron chi connectivity index (χ1n) is 6.12. The fourth-order valence-electron chi connectivity index (χ4n) is 1.85. The number of rotatable bonds is 4. The lowest BCUT2D eigenvalue weighted by molar-refractivity contribution is -0.116. The summed E-state index contributed by atoms with van der Waals surface area (Å²) < 4.78 is 12.7. The van der Waals surface area contributed by atoms with Crippen LogP contribution in [-0.2, 0) is 11.2 Å². The molecule has 2 aromatic rings. The van der Waals surface area contributed by atoms with E-state index in [0.29, 0.717) is 12.8 Å². The van der Waals surface area contributed by atoms with Crippen molar-refractivity contribution < 1.29 is 9.18 Å². The van der Waals surface area contributed by atoms with Gasteiger partial charge in [0.25, 0.3) is 0 Å². The van der Waals surface area contributed by atoms with Crippen molar-refractivity contribution in [1.29, 1.82) is 0 Å². The van der Waals surface area contributed by atoms with Gasteiger partial charge in [-0.2, -0.15) is 5.10 Å². The van der Waals surface area contributed by atoms with Crippen LogP contribution in [0.3, 0.4) is 0 Å². The number of hydrogen-bond donors (Lipinski definition) is 2. The summed E-state index contributed by atoms with van der Waals surface area (Å²) in [4.78, 5) is 11.8. The largest absolute Gasteiger partial charge is 0.323 e. The second-order valence-corrected chi connectivity index (χ2v) is 4.48. The van der Waals surface area contributed by atoms with Crippen molar-refractivity contribution in [2.24, 2.45) is 0 Å². The number of carbonyl (C=O) groups excluding carboxylic acids is 1. The molecule has 0 aliphatic heterocycles. The molecule has 0 spiro atoms. The summed E-state index contributed by atoms with van der Waals surface area (Å²) in [5, 5.41) is 9.67. The average molecular weight is 261 g/mol. The Morgan fingerprint density at radius 3 is 2.58 bits per heavy atom. The summed E-state index contributed by atoms with van der Waals surface area (Å²) in [6.45, 7) is 3.69. The molecule has 1 aromatic heterocycles. The summed E-state index contributed by atoms with van der Waals surface area (Å²) in [6.07, 6.45) is 0.942. The van der Waals surface area contributed by atoms with E-state index in [9.17, 15) is 9.18 Å². The molecule has 2 N–H and O–H groups in total. The van der Waals surface area contributed by atoms with Crippen LogP contribution >= 0.6 is 0 Å². The normalized spacial score (nSPS) is 10.5. The van der Waals surface area contributed by atoms with Gasteiger partial charge in [-0.05, 0) is 38.0 Å². The average Bonchev–Trinajstić information content (AvgIpc) is 2.70. The summed E-state index contributed by atoms with van der Waals surface area (Å²) in [7, 11) is 0. The number of nitrogens with one attached hydrogen (secondary N) is 2. The number of aromatic amines is 1. The van der Waals surface area contributed by atoms with E-state index in [0.717, 1.165) is 22.6 Å². The van der Waals surface area contributed by atoms with Crippen molar-refractivity contribution in [2.75, 3.05) is 5.32 Å². The van der Waals surface area contributed by atoms with E-state index in [4.69, 9.17) is 0 Å². The molecule has 1 heterocycles. The predicted molar refractivity (Wildman–Crippen MR) is 71.4 cm³/mol. The molecule has 0 saturated carbocycles. The Balaban J connectivity index is 1.90. The fraction of sp³-hybridized carbons (Fsp3) is 0.286. The minimum atomic E-state index is -0.266. The second-order valence-electron chi connectivity index (χ2n) is 4.48. The van der Waals surface area contributed by atoms with Gasteiger partial charge in [-0.15, -0.1) is 0 Å². The maximum absolute atomic E-state index is 12.7. The maximum Gasteiger partial charge on any atom is 0.224 e. The summed E-state index contributed by atoms with van der Waals surface area (Å²) in [5.41, 5.74) is 3.29. The Morgan fingerprint density at radius 1 is 1.32 bits per heavy atom. The topological polar surface area (TPSA) is 57.8 Å². The molecule has 0 aliphatic rings. The third-order valence-electron chi connectivity index (χ3n) is 2.95. The molecule has 0 aliphatic carbocycles. The molecule has 0 bridgehead atoms. The molecule has 5 heteroatoms. The van der Waals surface area contributed by atoms with E-state index in [-0.39, 0.29) is 11.7 Å². The van der Waals surface area contributed by atoms with Crippen LogP contribution in [0.25, 0.3) is 0 Å². The van der Waals surface area contributed by atoms with Crippen molar-refractivity contribution in [3.05, 3.63) is 47.0 Å². The minimum absolute atomic E-state index is 0.0723. The molecular formula is C14H16FN3O. The van der Waals surface area contributed by atoms with Crippen molar-refractivity contribution in [3.8, 4) is 0 Å². The number of halogens is 1. The number of carbonyl (C=O) groups is 1. The van der Waals surface area contributed by atoms with Gasteiger partial charge in [0.2, 0.25) is 5.91 Å². The number of amides is 1. The molecule has 0 atom stereocenters. The molecule has 1 amide bonds. The molecule has 0 radical (unpaired) electrons. The van der Waals surface area contributed by atoms with Gasteiger partial charge in [0, 0.05) is 6.42 Å². The first-order valence-corrected chi connectivity index (χ1v) is 6.12. The van der Waals surface area contributed by atoms with Crippen LogP contribution in [0.4, 0.5) is 10.1 Å². The van der Waals surface area contributed by atoms with E-state index >= 15 is 0 Å². The zero-order valence-electron chi connectivity index (χ0n) is 11.0. The van der Waals surface area contributed by atoms with Crippen LogP contribution in [0.5, 0.6) is 0 Å². The number of anilines is 1. The highest BCUT2D eigenvalue weighted by Gasteiger charge is 2.10. The van der Waals surface area contributed by atoms with E-state index in [1.807, 2.05) is 13.8 Å². The zero-order valence-corrected chi connectivity index (χ0v) is 11.0. The molecule has 1 aromatic carbocycles. The van der Waals surface area contributed by atoms with Gasteiger partial charge in [-0.3, -0.25) is 9.89 Å². The third kappa shape index (κ3) is 3.40. The Hall–Kier alpha value is -2.17. The van der Waals surface area contributed by atoms with Crippen molar-refractivity contribution in [2.45, 2.75) is 26.7 Å². The lowest BCUT2D eigenvalue weighted by atomic mass is 10.1. The van der Waals surface area contributed by atoms with Gasteiger partial charge >= 0.3 is 0 Å². The fourth-order valence-corrected chi connectivity index (χ4v) is 1.85. The number of hydrogen-bond acceptors (Lipinski definition) is 2. The Morgan fingerprint density at radius 2 is 2.00 bits per heavy atom. The molecule has 0 saturated heterocycles. The first-order chi connectivity index (χ1) is 9.06. The molecule has 19 heavy (non-hydrogen) atoms. The van der Waals surface area contributed by atoms with Crippen LogP contribution in [0.1, 0.15) is 23.4 Å². The maximum atomic E-state index is 12.7. The number of aromatic nitrogens is 2. The van der Waals surface area contributed by atoms with Gasteiger partial charge in [0.05, 0.1) is 17.1 Å². The molecular weight excluding hydrogens is 245 g/mol. The van der Waals surface area contributed by atoms with Crippen molar-refractivity contribution >= 4 is 11.6 Å². The molecule has 0 unspecified atom stereocenters. The van der Waals surface area contributed by atoms with Crippen LogP contribution in [-0.4, -0.2) is 16.1 Å². The van der Waals surface area contributed by atoms with Gasteiger partial charge in [0.1, 0.15) is 5.82 Å². The van der Waals surface area contributed by atoms with E-state index in [1.165, 1.54) is 12.1 Å². The molecule has 2 rings (SSSR count). The molecule has 4 nitrogen and oxygen atoms in total. The van der Waals surface area contributed by atoms with Crippen LogP contribution in [0.2, 0.25) is 0 Å². The highest BCUT2D eigenvalue weighted by Crippen LogP contribution is 2.16. The second kappa shape index (κ2) is 5.65. The lowest BCUT2D eigenvalue weighted by Crippen LogP contribution is -2.13. The smallest absolute Gasteiger partial charge is 0.224 e. The minimum Gasteiger partial charge on any atom is -0.323 e. The third-order valence-corrected chi connectivity index (χ3v) is 2.95. The highest BCUT2D eigenvalue weighted by molar-refractivity contribution is 5.91. The SMILES string of the molecule is Cc1n[nH]c(C)c1NC(=O)CCc1ccc(F)cc1. The zero-order chi connectivity index (χ0) is 13.8. The van der Waals surface area contributed by atoms with Gasteiger partial charge in [-0.25, -0.2) is 4.39 Å². The summed E-state index contributed by atoms with van der Waals surface area (Å²) >= 11 is 0. The van der Waals surface area contributed by atoms with E-state index in [2.05, 4.69) is 15.5 Å². The Kier molecular flexibility index (Phi) is 3.94. The van der Waals surface area contributed by atoms with Crippen LogP contribution in [0, 0.1) is 19.7 Å².